The van der Waals surface area contributed by atoms with Gasteiger partial charge < -0.3 is 20.6 Å². The van der Waals surface area contributed by atoms with E-state index in [2.05, 4.69) is 14.9 Å². The lowest BCUT2D eigenvalue weighted by Gasteiger charge is -2.26. The lowest BCUT2D eigenvalue weighted by Crippen LogP contribution is -2.38. The Hall–Kier alpha value is -3.07. The monoisotopic (exact) mass is 502 g/mol. The topological polar surface area (TPSA) is 104 Å². The van der Waals surface area contributed by atoms with Crippen LogP contribution in [0.5, 0.6) is 0 Å². The summed E-state index contributed by atoms with van der Waals surface area (Å²) in [6.45, 7) is 3.53. The van der Waals surface area contributed by atoms with Crippen LogP contribution in [0.1, 0.15) is 58.4 Å². The summed E-state index contributed by atoms with van der Waals surface area (Å²) < 4.78 is 20.5. The van der Waals surface area contributed by atoms with Crippen LogP contribution < -0.4 is 5.73 Å². The van der Waals surface area contributed by atoms with Gasteiger partial charge in [-0.15, -0.1) is 0 Å². The lowest BCUT2D eigenvalue weighted by atomic mass is 9.85. The van der Waals surface area contributed by atoms with Crippen molar-refractivity contribution in [2.45, 2.75) is 56.0 Å². The summed E-state index contributed by atoms with van der Waals surface area (Å²) in [7, 11) is 0. The number of rotatable bonds is 6. The number of hydrogen-bond acceptors (Lipinski definition) is 5. The molecule has 1 aliphatic heterocycles. The third-order valence-corrected chi connectivity index (χ3v) is 9.03. The van der Waals surface area contributed by atoms with Gasteiger partial charge in [0, 0.05) is 59.2 Å². The number of benzene rings is 1. The second-order valence-corrected chi connectivity index (χ2v) is 11.2. The highest BCUT2D eigenvalue weighted by molar-refractivity contribution is 5.95. The molecule has 3 fully saturated rings. The minimum Gasteiger partial charge on any atom is -0.478 e. The third-order valence-electron chi connectivity index (χ3n) is 9.03. The largest absolute Gasteiger partial charge is 0.478 e. The first kappa shape index (κ1) is 23.1. The van der Waals surface area contributed by atoms with Crippen molar-refractivity contribution in [1.82, 2.24) is 14.9 Å². The first-order valence-corrected chi connectivity index (χ1v) is 13.2. The Bertz CT molecular complexity index is 1420. The Morgan fingerprint density at radius 1 is 1.16 bits per heavy atom. The molecule has 0 radical (unpaired) electrons. The van der Waals surface area contributed by atoms with Crippen molar-refractivity contribution in [3.8, 4) is 22.5 Å². The van der Waals surface area contributed by atoms with Crippen molar-refractivity contribution in [2.75, 3.05) is 26.3 Å². The van der Waals surface area contributed by atoms with Gasteiger partial charge in [0.05, 0.1) is 30.2 Å². The Morgan fingerprint density at radius 3 is 2.62 bits per heavy atom. The predicted molar refractivity (Wildman–Crippen MR) is 137 cm³/mol. The van der Waals surface area contributed by atoms with Gasteiger partial charge >= 0.3 is 5.97 Å². The van der Waals surface area contributed by atoms with Crippen molar-refractivity contribution in [1.29, 1.82) is 0 Å². The zero-order valence-corrected chi connectivity index (χ0v) is 20.8. The standard InChI is InChI=1S/C29H31FN4O3/c30-22-13-17(1-2-19(22)16-34-9-11-37-12-10-34)23-14-21-18(15-32-23)3-4-20-24(27(35)36)26(33-25(20)21)28(5-6-28)29(31)7-8-29/h1-2,13-15,33H,3-12,16,31H2,(H,35,36). The Balaban J connectivity index is 1.25. The molecule has 1 saturated heterocycles. The molecule has 1 aromatic carbocycles. The van der Waals surface area contributed by atoms with Crippen molar-refractivity contribution < 1.29 is 19.0 Å². The number of H-pyrrole nitrogens is 1. The number of morpholine rings is 1. The molecule has 0 atom stereocenters. The van der Waals surface area contributed by atoms with Crippen LogP contribution in [0, 0.1) is 5.82 Å². The average Bonchev–Trinajstić information content (AvgIpc) is 3.82. The number of nitrogens with zero attached hydrogens (tertiary/aromatic N) is 2. The molecular weight excluding hydrogens is 471 g/mol. The van der Waals surface area contributed by atoms with Crippen LogP contribution in [0.3, 0.4) is 0 Å². The van der Waals surface area contributed by atoms with Gasteiger partial charge in [0.15, 0.2) is 0 Å². The van der Waals surface area contributed by atoms with E-state index in [-0.39, 0.29) is 16.8 Å². The maximum absolute atomic E-state index is 15.1. The van der Waals surface area contributed by atoms with E-state index in [4.69, 9.17) is 10.5 Å². The van der Waals surface area contributed by atoms with Crippen molar-refractivity contribution in [3.63, 3.8) is 0 Å². The van der Waals surface area contributed by atoms with Gasteiger partial charge in [-0.05, 0) is 61.8 Å². The van der Waals surface area contributed by atoms with Gasteiger partial charge in [0.2, 0.25) is 0 Å². The Labute approximate surface area is 214 Å². The molecule has 37 heavy (non-hydrogen) atoms. The number of fused-ring (bicyclic) bond motifs is 3. The van der Waals surface area contributed by atoms with Crippen LogP contribution in [0.4, 0.5) is 4.39 Å². The molecule has 2 aromatic heterocycles. The van der Waals surface area contributed by atoms with E-state index in [9.17, 15) is 9.90 Å². The number of halogens is 1. The van der Waals surface area contributed by atoms with Gasteiger partial charge in [0.25, 0.3) is 0 Å². The fourth-order valence-electron chi connectivity index (χ4n) is 6.52. The number of ether oxygens (including phenoxy) is 1. The molecule has 0 spiro atoms. The number of aromatic amines is 1. The number of aromatic nitrogens is 2. The number of aromatic carboxylic acids is 1. The average molecular weight is 503 g/mol. The number of pyridine rings is 1. The summed E-state index contributed by atoms with van der Waals surface area (Å²) >= 11 is 0. The molecule has 0 bridgehead atoms. The Kier molecular flexibility index (Phi) is 5.12. The van der Waals surface area contributed by atoms with Gasteiger partial charge in [-0.1, -0.05) is 12.1 Å². The third kappa shape index (κ3) is 3.65. The van der Waals surface area contributed by atoms with E-state index in [1.165, 1.54) is 0 Å². The van der Waals surface area contributed by atoms with Crippen LogP contribution in [-0.4, -0.2) is 57.8 Å². The van der Waals surface area contributed by atoms with Crippen LogP contribution in [0.2, 0.25) is 0 Å². The molecule has 0 unspecified atom stereocenters. The van der Waals surface area contributed by atoms with Crippen molar-refractivity contribution in [2.24, 2.45) is 5.73 Å². The fraction of sp³-hybridized carbons (Fsp3) is 0.448. The maximum atomic E-state index is 15.1. The number of carbonyl (C=O) groups is 1. The van der Waals surface area contributed by atoms with Gasteiger partial charge in [-0.25, -0.2) is 9.18 Å². The van der Waals surface area contributed by atoms with Gasteiger partial charge in [-0.2, -0.15) is 0 Å². The molecule has 2 saturated carbocycles. The van der Waals surface area contributed by atoms with Crippen molar-refractivity contribution in [3.05, 3.63) is 64.2 Å². The lowest BCUT2D eigenvalue weighted by molar-refractivity contribution is 0.0337. The molecule has 4 aliphatic rings. The summed E-state index contributed by atoms with van der Waals surface area (Å²) in [6.07, 6.45) is 6.95. The summed E-state index contributed by atoms with van der Waals surface area (Å²) in [5, 5.41) is 10.2. The highest BCUT2D eigenvalue weighted by Gasteiger charge is 2.66. The zero-order valence-electron chi connectivity index (χ0n) is 20.8. The highest BCUT2D eigenvalue weighted by atomic mass is 19.1. The second-order valence-electron chi connectivity index (χ2n) is 11.2. The fourth-order valence-corrected chi connectivity index (χ4v) is 6.52. The number of hydrogen-bond donors (Lipinski definition) is 3. The molecule has 192 valence electrons. The van der Waals surface area contributed by atoms with Gasteiger partial charge in [0.1, 0.15) is 5.82 Å². The van der Waals surface area contributed by atoms with Gasteiger partial charge in [-0.3, -0.25) is 9.88 Å². The SMILES string of the molecule is NC1(C2(c3[nH]c4c(c3C(=O)O)CCc3cnc(-c5ccc(CN6CCOCC6)c(F)c5)cc3-4)CC2)CC1. The van der Waals surface area contributed by atoms with E-state index >= 15 is 4.39 Å². The molecule has 3 aliphatic carbocycles. The van der Waals surface area contributed by atoms with E-state index in [0.717, 1.165) is 73.3 Å². The van der Waals surface area contributed by atoms with E-state index in [1.807, 2.05) is 24.4 Å². The van der Waals surface area contributed by atoms with E-state index in [1.54, 1.807) is 6.07 Å². The summed E-state index contributed by atoms with van der Waals surface area (Å²) in [4.78, 5) is 22.9. The number of nitrogens with two attached hydrogens (primary N) is 1. The number of nitrogens with one attached hydrogen (secondary N) is 1. The molecule has 7 nitrogen and oxygen atoms in total. The zero-order chi connectivity index (χ0) is 25.4. The molecule has 4 N–H and O–H groups in total. The first-order valence-electron chi connectivity index (χ1n) is 13.2. The minimum atomic E-state index is -0.890. The first-order chi connectivity index (χ1) is 17.9. The molecule has 3 heterocycles. The van der Waals surface area contributed by atoms with Crippen molar-refractivity contribution >= 4 is 5.97 Å². The molecule has 7 rings (SSSR count). The second kappa shape index (κ2) is 8.21. The summed E-state index contributed by atoms with van der Waals surface area (Å²) in [5.74, 6) is -1.13. The number of aryl methyl sites for hydroxylation is 1. The van der Waals surface area contributed by atoms with Crippen LogP contribution in [0.25, 0.3) is 22.5 Å². The maximum Gasteiger partial charge on any atom is 0.337 e. The minimum absolute atomic E-state index is 0.243. The molecule has 0 amide bonds. The Morgan fingerprint density at radius 2 is 1.95 bits per heavy atom. The number of carboxylic acids is 1. The predicted octanol–water partition coefficient (Wildman–Crippen LogP) is 4.03. The number of carboxylic acid groups (broad SMARTS) is 1. The van der Waals surface area contributed by atoms with E-state index < -0.39 is 5.97 Å². The highest BCUT2D eigenvalue weighted by Crippen LogP contribution is 2.64. The molecular formula is C29H31FN4O3. The smallest absolute Gasteiger partial charge is 0.337 e. The van der Waals surface area contributed by atoms with Crippen LogP contribution in [0.15, 0.2) is 30.5 Å². The summed E-state index contributed by atoms with van der Waals surface area (Å²) in [5.41, 5.74) is 13.1. The summed E-state index contributed by atoms with van der Waals surface area (Å²) in [6, 6.07) is 7.30. The normalized spacial score (nSPS) is 21.2. The van der Waals surface area contributed by atoms with Crippen LogP contribution in [-0.2, 0) is 29.5 Å². The molecule has 3 aromatic rings. The molecule has 8 heteroatoms. The van der Waals surface area contributed by atoms with E-state index in [0.29, 0.717) is 48.6 Å². The quantitative estimate of drug-likeness (QED) is 0.470. The van der Waals surface area contributed by atoms with Crippen LogP contribution >= 0.6 is 0 Å².